The van der Waals surface area contributed by atoms with Crippen LogP contribution < -0.4 is 20.2 Å². The van der Waals surface area contributed by atoms with Crippen LogP contribution in [0.4, 0.5) is 5.69 Å². The normalized spacial score (nSPS) is 10.6. The molecule has 0 fully saturated rings. The van der Waals surface area contributed by atoms with Crippen LogP contribution in [0.3, 0.4) is 0 Å². The highest BCUT2D eigenvalue weighted by atomic mass is 35.5. The smallest absolute Gasteiger partial charge is 0.329 e. The molecule has 0 saturated carbocycles. The summed E-state index contributed by atoms with van der Waals surface area (Å²) in [6.45, 7) is 0.303. The number of hydrogen-bond donors (Lipinski definition) is 2. The van der Waals surface area contributed by atoms with Gasteiger partial charge in [-0.25, -0.2) is 5.43 Å². The number of rotatable bonds is 7. The number of halogens is 2. The number of amides is 2. The Hall–Kier alpha value is -3.55. The minimum Gasteiger partial charge on any atom is -0.495 e. The molecule has 0 aliphatic carbocycles. The van der Waals surface area contributed by atoms with Crippen LogP contribution >= 0.6 is 23.2 Å². The molecule has 9 heteroatoms. The van der Waals surface area contributed by atoms with Crippen LogP contribution in [0.2, 0.25) is 10.0 Å². The monoisotopic (exact) mass is 471 g/mol. The predicted octanol–water partition coefficient (Wildman–Crippen LogP) is 4.67. The lowest BCUT2D eigenvalue weighted by molar-refractivity contribution is -0.136. The molecule has 0 spiro atoms. The van der Waals surface area contributed by atoms with Crippen LogP contribution in [0.25, 0.3) is 0 Å². The van der Waals surface area contributed by atoms with Crippen LogP contribution in [0.5, 0.6) is 11.5 Å². The van der Waals surface area contributed by atoms with Gasteiger partial charge in [0.15, 0.2) is 0 Å². The van der Waals surface area contributed by atoms with Crippen molar-refractivity contribution in [3.63, 3.8) is 0 Å². The van der Waals surface area contributed by atoms with Crippen LogP contribution in [-0.2, 0) is 16.2 Å². The third-order valence-electron chi connectivity index (χ3n) is 4.19. The second kappa shape index (κ2) is 11.2. The summed E-state index contributed by atoms with van der Waals surface area (Å²) >= 11 is 11.9. The van der Waals surface area contributed by atoms with Crippen LogP contribution in [0.15, 0.2) is 71.8 Å². The first kappa shape index (κ1) is 23.1. The summed E-state index contributed by atoms with van der Waals surface area (Å²) in [5.41, 5.74) is 4.10. The van der Waals surface area contributed by atoms with Crippen molar-refractivity contribution in [2.75, 3.05) is 12.4 Å². The molecule has 0 aromatic heterocycles. The van der Waals surface area contributed by atoms with E-state index >= 15 is 0 Å². The number of ether oxygens (including phenoxy) is 2. The number of nitrogens with zero attached hydrogens (tertiary/aromatic N) is 1. The number of carbonyl (C=O) groups is 2. The number of methoxy groups -OCH3 is 1. The maximum absolute atomic E-state index is 12.1. The molecular formula is C23H19Cl2N3O4. The predicted molar refractivity (Wildman–Crippen MR) is 125 cm³/mol. The van der Waals surface area contributed by atoms with E-state index in [1.807, 2.05) is 6.07 Å². The number of nitrogens with one attached hydrogen (secondary N) is 2. The number of carbonyl (C=O) groups excluding carboxylic acids is 2. The second-order valence-electron chi connectivity index (χ2n) is 6.46. The summed E-state index contributed by atoms with van der Waals surface area (Å²) in [6.07, 6.45) is 1.40. The van der Waals surface area contributed by atoms with Crippen molar-refractivity contribution < 1.29 is 19.1 Å². The zero-order chi connectivity index (χ0) is 22.9. The van der Waals surface area contributed by atoms with Crippen molar-refractivity contribution in [2.24, 2.45) is 5.10 Å². The second-order valence-corrected chi connectivity index (χ2v) is 7.28. The number of benzene rings is 3. The van der Waals surface area contributed by atoms with Gasteiger partial charge in [0.1, 0.15) is 18.1 Å². The topological polar surface area (TPSA) is 89.0 Å². The molecule has 0 radical (unpaired) electrons. The van der Waals surface area contributed by atoms with Gasteiger partial charge in [0.05, 0.1) is 29.1 Å². The van der Waals surface area contributed by atoms with E-state index in [-0.39, 0.29) is 0 Å². The molecule has 2 N–H and O–H groups in total. The maximum atomic E-state index is 12.1. The Balaban J connectivity index is 1.54. The lowest BCUT2D eigenvalue weighted by Crippen LogP contribution is -2.32. The average Bonchev–Trinajstić information content (AvgIpc) is 2.80. The molecule has 0 unspecified atom stereocenters. The molecule has 3 aromatic carbocycles. The van der Waals surface area contributed by atoms with Gasteiger partial charge in [0, 0.05) is 0 Å². The van der Waals surface area contributed by atoms with E-state index in [0.717, 1.165) is 5.56 Å². The van der Waals surface area contributed by atoms with Crippen LogP contribution in [0.1, 0.15) is 11.1 Å². The Morgan fingerprint density at radius 3 is 2.56 bits per heavy atom. The Kier molecular flexibility index (Phi) is 8.08. The van der Waals surface area contributed by atoms with Crippen molar-refractivity contribution in [2.45, 2.75) is 6.61 Å². The van der Waals surface area contributed by atoms with Gasteiger partial charge < -0.3 is 14.8 Å². The van der Waals surface area contributed by atoms with Gasteiger partial charge >= 0.3 is 11.8 Å². The average molecular weight is 472 g/mol. The van der Waals surface area contributed by atoms with Gasteiger partial charge in [-0.2, -0.15) is 5.10 Å². The summed E-state index contributed by atoms with van der Waals surface area (Å²) in [7, 11) is 1.47. The van der Waals surface area contributed by atoms with Gasteiger partial charge in [-0.3, -0.25) is 9.59 Å². The quantitative estimate of drug-likeness (QED) is 0.297. The van der Waals surface area contributed by atoms with E-state index in [2.05, 4.69) is 15.8 Å². The first-order valence-electron chi connectivity index (χ1n) is 9.40. The van der Waals surface area contributed by atoms with Gasteiger partial charge in [-0.15, -0.1) is 0 Å². The minimum absolute atomic E-state index is 0.303. The summed E-state index contributed by atoms with van der Waals surface area (Å²) in [6, 6.07) is 19.1. The van der Waals surface area contributed by atoms with Crippen molar-refractivity contribution in [3.05, 3.63) is 87.9 Å². The van der Waals surface area contributed by atoms with E-state index in [1.54, 1.807) is 60.7 Å². The molecule has 0 heterocycles. The minimum atomic E-state index is -0.917. The zero-order valence-electron chi connectivity index (χ0n) is 17.0. The zero-order valence-corrected chi connectivity index (χ0v) is 18.5. The van der Waals surface area contributed by atoms with Crippen molar-refractivity contribution >= 4 is 46.9 Å². The fourth-order valence-corrected chi connectivity index (χ4v) is 2.94. The molecule has 32 heavy (non-hydrogen) atoms. The van der Waals surface area contributed by atoms with Crippen molar-refractivity contribution in [1.29, 1.82) is 0 Å². The third kappa shape index (κ3) is 6.47. The summed E-state index contributed by atoms with van der Waals surface area (Å²) in [5, 5.41) is 7.23. The molecule has 7 nitrogen and oxygen atoms in total. The van der Waals surface area contributed by atoms with Crippen molar-refractivity contribution in [1.82, 2.24) is 5.43 Å². The standard InChI is InChI=1S/C23H19Cl2N3O4/c1-31-21-8-3-2-7-20(21)27-22(29)23(30)28-26-13-15-5-4-6-17(11-15)32-14-16-9-10-18(24)19(25)12-16/h2-13H,14H2,1H3,(H,27,29)(H,28,30)/b26-13-. The molecule has 0 bridgehead atoms. The first-order valence-corrected chi connectivity index (χ1v) is 10.2. The van der Waals surface area contributed by atoms with Crippen molar-refractivity contribution in [3.8, 4) is 11.5 Å². The summed E-state index contributed by atoms with van der Waals surface area (Å²) in [4.78, 5) is 24.0. The van der Waals surface area contributed by atoms with E-state index in [9.17, 15) is 9.59 Å². The van der Waals surface area contributed by atoms with Gasteiger partial charge in [0.25, 0.3) is 0 Å². The number of para-hydroxylation sites is 2. The Labute approximate surface area is 194 Å². The van der Waals surface area contributed by atoms with E-state index in [0.29, 0.717) is 39.4 Å². The largest absolute Gasteiger partial charge is 0.495 e. The lowest BCUT2D eigenvalue weighted by atomic mass is 10.2. The summed E-state index contributed by atoms with van der Waals surface area (Å²) in [5.74, 6) is -0.750. The van der Waals surface area contributed by atoms with Crippen LogP contribution in [0, 0.1) is 0 Å². The van der Waals surface area contributed by atoms with Crippen LogP contribution in [-0.4, -0.2) is 25.1 Å². The molecular weight excluding hydrogens is 453 g/mol. The Morgan fingerprint density at radius 1 is 0.969 bits per heavy atom. The molecule has 3 aromatic rings. The number of hydrogen-bond acceptors (Lipinski definition) is 5. The molecule has 0 aliphatic heterocycles. The highest BCUT2D eigenvalue weighted by Crippen LogP contribution is 2.24. The first-order chi connectivity index (χ1) is 15.5. The van der Waals surface area contributed by atoms with Gasteiger partial charge in [-0.05, 0) is 47.5 Å². The number of anilines is 1. The van der Waals surface area contributed by atoms with E-state index in [1.165, 1.54) is 13.3 Å². The van der Waals surface area contributed by atoms with E-state index < -0.39 is 11.8 Å². The Bertz CT molecular complexity index is 1150. The molecule has 0 atom stereocenters. The van der Waals surface area contributed by atoms with Gasteiger partial charge in [0.2, 0.25) is 0 Å². The highest BCUT2D eigenvalue weighted by molar-refractivity contribution is 6.42. The third-order valence-corrected chi connectivity index (χ3v) is 4.93. The Morgan fingerprint density at radius 2 is 1.78 bits per heavy atom. The fraction of sp³-hybridized carbons (Fsp3) is 0.0870. The maximum Gasteiger partial charge on any atom is 0.329 e. The highest BCUT2D eigenvalue weighted by Gasteiger charge is 2.14. The SMILES string of the molecule is COc1ccccc1NC(=O)C(=O)N/N=C\c1cccc(OCc2ccc(Cl)c(Cl)c2)c1. The summed E-state index contributed by atoms with van der Waals surface area (Å²) < 4.78 is 10.9. The lowest BCUT2D eigenvalue weighted by Gasteiger charge is -2.09. The number of hydrazone groups is 1. The molecule has 0 saturated heterocycles. The fourth-order valence-electron chi connectivity index (χ4n) is 2.62. The molecule has 164 valence electrons. The molecule has 0 aliphatic rings. The van der Waals surface area contributed by atoms with Gasteiger partial charge in [-0.1, -0.05) is 53.5 Å². The van der Waals surface area contributed by atoms with E-state index in [4.69, 9.17) is 32.7 Å². The molecule has 2 amide bonds. The molecule has 3 rings (SSSR count).